The summed E-state index contributed by atoms with van der Waals surface area (Å²) in [5.74, 6) is 1.67. The number of halogens is 3. The first kappa shape index (κ1) is 12.3. The molecule has 0 aromatic rings. The lowest BCUT2D eigenvalue weighted by Gasteiger charge is -2.18. The van der Waals surface area contributed by atoms with Crippen molar-refractivity contribution in [2.24, 2.45) is 0 Å². The van der Waals surface area contributed by atoms with Gasteiger partial charge in [-0.15, -0.1) is 11.6 Å². The van der Waals surface area contributed by atoms with Gasteiger partial charge in [-0.25, -0.2) is 4.79 Å². The Morgan fingerprint density at radius 3 is 2.60 bits per heavy atom. The molecule has 0 aliphatic heterocycles. The van der Waals surface area contributed by atoms with Gasteiger partial charge in [0, 0.05) is 0 Å². The summed E-state index contributed by atoms with van der Waals surface area (Å²) >= 11 is 16.9. The predicted molar refractivity (Wildman–Crippen MR) is 57.7 cm³/mol. The first-order valence-electron chi connectivity index (χ1n) is 3.77. The number of rotatable bonds is 2. The van der Waals surface area contributed by atoms with E-state index in [9.17, 15) is 9.59 Å². The van der Waals surface area contributed by atoms with Crippen molar-refractivity contribution in [2.45, 2.75) is 5.38 Å². The van der Waals surface area contributed by atoms with E-state index in [-0.39, 0.29) is 21.9 Å². The van der Waals surface area contributed by atoms with Crippen LogP contribution in [0.4, 0.5) is 0 Å². The summed E-state index contributed by atoms with van der Waals surface area (Å²) in [7, 11) is 1.32. The normalized spacial score (nSPS) is 20.9. The average molecular weight is 267 g/mol. The molecule has 0 spiro atoms. The summed E-state index contributed by atoms with van der Waals surface area (Å²) in [5, 5.41) is -1.59. The van der Waals surface area contributed by atoms with Crippen molar-refractivity contribution >= 4 is 46.0 Å². The zero-order valence-electron chi connectivity index (χ0n) is 7.51. The molecule has 0 fully saturated rings. The Hall–Kier alpha value is -0.730. The molecule has 1 unspecified atom stereocenters. The third kappa shape index (κ3) is 2.27. The zero-order valence-corrected chi connectivity index (χ0v) is 9.78. The lowest BCUT2D eigenvalue weighted by Crippen LogP contribution is -2.16. The van der Waals surface area contributed by atoms with E-state index in [2.05, 4.69) is 0 Å². The van der Waals surface area contributed by atoms with E-state index >= 15 is 0 Å². The van der Waals surface area contributed by atoms with Crippen molar-refractivity contribution in [3.8, 4) is 0 Å². The van der Waals surface area contributed by atoms with Crippen LogP contribution >= 0.6 is 34.8 Å². The molecule has 0 saturated heterocycles. The van der Waals surface area contributed by atoms with Gasteiger partial charge in [0.1, 0.15) is 17.1 Å². The molecule has 0 bridgehead atoms. The minimum Gasteiger partial charge on any atom is -0.495 e. The van der Waals surface area contributed by atoms with Crippen LogP contribution in [0.25, 0.3) is 0 Å². The maximum absolute atomic E-state index is 11.0. The Morgan fingerprint density at radius 1 is 1.60 bits per heavy atom. The van der Waals surface area contributed by atoms with Crippen molar-refractivity contribution in [1.29, 1.82) is 0 Å². The number of hydrogen-bond donors (Lipinski definition) is 0. The number of carbonyl (C=O) groups excluding carboxylic acids is 2. The van der Waals surface area contributed by atoms with Gasteiger partial charge in [0.2, 0.25) is 0 Å². The van der Waals surface area contributed by atoms with Crippen molar-refractivity contribution in [2.75, 3.05) is 7.11 Å². The molecule has 0 radical (unpaired) electrons. The number of ether oxygens (including phenoxy) is 1. The zero-order chi connectivity index (χ0) is 11.6. The second kappa shape index (κ2) is 4.86. The molecule has 0 heterocycles. The highest BCUT2D eigenvalue weighted by Gasteiger charge is 2.29. The summed E-state index contributed by atoms with van der Waals surface area (Å²) in [4.78, 5) is 21.5. The first-order chi connectivity index (χ1) is 7.02. The van der Waals surface area contributed by atoms with Gasteiger partial charge in [0.15, 0.2) is 0 Å². The molecule has 1 aliphatic carbocycles. The fourth-order valence-electron chi connectivity index (χ4n) is 1.11. The quantitative estimate of drug-likeness (QED) is 0.437. The number of hydrogen-bond acceptors (Lipinski definition) is 3. The molecule has 0 aromatic heterocycles. The maximum Gasteiger partial charge on any atom is 0.256 e. The minimum absolute atomic E-state index is 0.000540. The van der Waals surface area contributed by atoms with E-state index in [1.807, 2.05) is 0 Å². The molecule has 0 N–H and O–H groups in total. The molecule has 0 amide bonds. The lowest BCUT2D eigenvalue weighted by molar-refractivity contribution is -0.108. The van der Waals surface area contributed by atoms with Crippen LogP contribution in [0.2, 0.25) is 0 Å². The Balaban J connectivity index is 3.36. The maximum atomic E-state index is 11.0. The molecular weight excluding hydrogens is 262 g/mol. The van der Waals surface area contributed by atoms with Crippen LogP contribution in [0.1, 0.15) is 0 Å². The van der Waals surface area contributed by atoms with Gasteiger partial charge < -0.3 is 4.74 Å². The van der Waals surface area contributed by atoms with Crippen LogP contribution in [-0.2, 0) is 14.3 Å². The largest absolute Gasteiger partial charge is 0.495 e. The third-order valence-corrected chi connectivity index (χ3v) is 2.95. The average Bonchev–Trinajstić information content (AvgIpc) is 2.21. The van der Waals surface area contributed by atoms with Crippen LogP contribution < -0.4 is 0 Å². The molecule has 80 valence electrons. The Kier molecular flexibility index (Phi) is 4.00. The molecule has 1 rings (SSSR count). The minimum atomic E-state index is -0.862. The molecular formula is C9H5Cl3O3. The fraction of sp³-hybridized carbons (Fsp3) is 0.222. The second-order valence-corrected chi connectivity index (χ2v) is 3.82. The number of carbonyl (C=O) groups is 1. The van der Waals surface area contributed by atoms with E-state index in [0.717, 1.165) is 0 Å². The van der Waals surface area contributed by atoms with Crippen LogP contribution in [0, 0.1) is 0 Å². The van der Waals surface area contributed by atoms with Gasteiger partial charge in [-0.3, -0.25) is 4.79 Å². The molecule has 1 aliphatic rings. The monoisotopic (exact) mass is 266 g/mol. The van der Waals surface area contributed by atoms with E-state index in [0.29, 0.717) is 0 Å². The van der Waals surface area contributed by atoms with Gasteiger partial charge in [0.25, 0.3) is 5.24 Å². The summed E-state index contributed by atoms with van der Waals surface area (Å²) < 4.78 is 4.89. The molecule has 6 heteroatoms. The fourth-order valence-corrected chi connectivity index (χ4v) is 1.75. The van der Waals surface area contributed by atoms with E-state index < -0.39 is 10.6 Å². The molecule has 0 saturated carbocycles. The molecule has 0 aromatic carbocycles. The Morgan fingerprint density at radius 2 is 2.20 bits per heavy atom. The van der Waals surface area contributed by atoms with Gasteiger partial charge in [-0.2, -0.15) is 0 Å². The highest BCUT2D eigenvalue weighted by Crippen LogP contribution is 2.34. The van der Waals surface area contributed by atoms with E-state index in [1.54, 1.807) is 5.94 Å². The third-order valence-electron chi connectivity index (χ3n) is 1.79. The van der Waals surface area contributed by atoms with E-state index in [4.69, 9.17) is 39.5 Å². The topological polar surface area (TPSA) is 43.4 Å². The Bertz CT molecular complexity index is 416. The SMILES string of the molecule is COC1=C(Cl)C(Cl)C(=C=O)C=C1C(=O)Cl. The van der Waals surface area contributed by atoms with E-state index in [1.165, 1.54) is 13.2 Å². The van der Waals surface area contributed by atoms with Gasteiger partial charge >= 0.3 is 0 Å². The van der Waals surface area contributed by atoms with Crippen LogP contribution in [0.3, 0.4) is 0 Å². The lowest BCUT2D eigenvalue weighted by atomic mass is 10.0. The van der Waals surface area contributed by atoms with Crippen molar-refractivity contribution in [3.63, 3.8) is 0 Å². The molecule has 1 atom stereocenters. The smallest absolute Gasteiger partial charge is 0.256 e. The Labute approximate surface area is 101 Å². The molecule has 15 heavy (non-hydrogen) atoms. The standard InChI is InChI=1S/C9H5Cl3O3/c1-15-8-5(9(12)14)2-4(3-13)6(10)7(8)11/h2,6H,1H3. The van der Waals surface area contributed by atoms with Crippen molar-refractivity contribution < 1.29 is 14.3 Å². The first-order valence-corrected chi connectivity index (χ1v) is 4.96. The predicted octanol–water partition coefficient (Wildman–Crippen LogP) is 2.15. The summed E-state index contributed by atoms with van der Waals surface area (Å²) in [6.45, 7) is 0. The highest BCUT2D eigenvalue weighted by atomic mass is 35.5. The molecule has 3 nitrogen and oxygen atoms in total. The van der Waals surface area contributed by atoms with Crippen molar-refractivity contribution in [1.82, 2.24) is 0 Å². The summed E-state index contributed by atoms with van der Waals surface area (Å²) in [6, 6.07) is 0. The van der Waals surface area contributed by atoms with Gasteiger partial charge in [-0.1, -0.05) is 11.6 Å². The van der Waals surface area contributed by atoms with Crippen LogP contribution in [0.15, 0.2) is 28.0 Å². The summed E-state index contributed by atoms with van der Waals surface area (Å²) in [5.41, 5.74) is 0.0471. The highest BCUT2D eigenvalue weighted by molar-refractivity contribution is 6.68. The number of allylic oxidation sites excluding steroid dienone is 4. The number of methoxy groups -OCH3 is 1. The van der Waals surface area contributed by atoms with Crippen molar-refractivity contribution in [3.05, 3.63) is 28.0 Å². The summed E-state index contributed by atoms with van der Waals surface area (Å²) in [6.07, 6.45) is 1.21. The van der Waals surface area contributed by atoms with Gasteiger partial charge in [-0.05, 0) is 17.7 Å². The number of alkyl halides is 1. The second-order valence-electron chi connectivity index (χ2n) is 2.63. The van der Waals surface area contributed by atoms with Gasteiger partial charge in [0.05, 0.1) is 23.3 Å². The van der Waals surface area contributed by atoms with Crippen LogP contribution in [0.5, 0.6) is 0 Å². The van der Waals surface area contributed by atoms with Crippen LogP contribution in [-0.4, -0.2) is 23.7 Å².